The van der Waals surface area contributed by atoms with Gasteiger partial charge in [0.05, 0.1) is 0 Å². The van der Waals surface area contributed by atoms with Crippen LogP contribution < -0.4 is 11.1 Å². The van der Waals surface area contributed by atoms with Crippen molar-refractivity contribution in [1.82, 2.24) is 14.2 Å². The summed E-state index contributed by atoms with van der Waals surface area (Å²) in [5, 5.41) is 2.77. The number of amides is 1. The van der Waals surface area contributed by atoms with E-state index in [2.05, 4.69) is 5.32 Å². The first-order chi connectivity index (χ1) is 10.8. The molecule has 1 atom stereocenters. The number of hydrogen-bond acceptors (Lipinski definition) is 4. The second kappa shape index (κ2) is 8.84. The molecule has 0 saturated carbocycles. The summed E-state index contributed by atoms with van der Waals surface area (Å²) in [6.07, 6.45) is 5.01. The van der Waals surface area contributed by atoms with Crippen LogP contribution in [0.2, 0.25) is 0 Å². The quantitative estimate of drug-likeness (QED) is 0.774. The second-order valence-electron chi connectivity index (χ2n) is 6.16. The number of aryl methyl sites for hydroxylation is 1. The standard InChI is InChI=1S/C15H26N4O3S.ClH/c1-12(16)6-7-17-15(20)14-10-13(11-18(14)2)23(21,22)19-8-4-3-5-9-19;/h10-12H,3-9,16H2,1-2H3,(H,17,20);1H. The van der Waals surface area contributed by atoms with Crippen LogP contribution in [0.5, 0.6) is 0 Å². The second-order valence-corrected chi connectivity index (χ2v) is 8.10. The van der Waals surface area contributed by atoms with Crippen molar-refractivity contribution in [2.45, 2.75) is 43.5 Å². The Morgan fingerprint density at radius 2 is 1.96 bits per heavy atom. The van der Waals surface area contributed by atoms with Gasteiger partial charge in [-0.2, -0.15) is 4.31 Å². The van der Waals surface area contributed by atoms with Crippen LogP contribution in [0.15, 0.2) is 17.2 Å². The van der Waals surface area contributed by atoms with Crippen molar-refractivity contribution in [2.75, 3.05) is 19.6 Å². The van der Waals surface area contributed by atoms with Gasteiger partial charge < -0.3 is 15.6 Å². The predicted octanol–water partition coefficient (Wildman–Crippen LogP) is 1.09. The third kappa shape index (κ3) is 4.95. The molecule has 1 aliphatic heterocycles. The lowest BCUT2D eigenvalue weighted by Crippen LogP contribution is -2.35. The molecule has 24 heavy (non-hydrogen) atoms. The molecule has 0 spiro atoms. The zero-order valence-electron chi connectivity index (χ0n) is 14.2. The lowest BCUT2D eigenvalue weighted by Gasteiger charge is -2.25. The number of nitrogens with two attached hydrogens (primary N) is 1. The number of hydrogen-bond donors (Lipinski definition) is 2. The minimum Gasteiger partial charge on any atom is -0.351 e. The van der Waals surface area contributed by atoms with E-state index in [9.17, 15) is 13.2 Å². The normalized spacial score (nSPS) is 17.1. The predicted molar refractivity (Wildman–Crippen MR) is 95.9 cm³/mol. The van der Waals surface area contributed by atoms with Gasteiger partial charge in [-0.15, -0.1) is 12.4 Å². The highest BCUT2D eigenvalue weighted by Crippen LogP contribution is 2.22. The smallest absolute Gasteiger partial charge is 0.267 e. The molecule has 2 rings (SSSR count). The van der Waals surface area contributed by atoms with Crippen molar-refractivity contribution in [3.8, 4) is 0 Å². The number of sulfonamides is 1. The van der Waals surface area contributed by atoms with Gasteiger partial charge in [-0.25, -0.2) is 8.42 Å². The van der Waals surface area contributed by atoms with E-state index in [-0.39, 0.29) is 29.3 Å². The molecule has 9 heteroatoms. The summed E-state index contributed by atoms with van der Waals surface area (Å²) < 4.78 is 28.3. The fourth-order valence-corrected chi connectivity index (χ4v) is 4.25. The highest BCUT2D eigenvalue weighted by molar-refractivity contribution is 7.89. The fourth-order valence-electron chi connectivity index (χ4n) is 2.66. The molecule has 1 fully saturated rings. The molecule has 1 amide bonds. The molecule has 1 aromatic rings. The third-order valence-electron chi connectivity index (χ3n) is 4.05. The van der Waals surface area contributed by atoms with E-state index in [0.29, 0.717) is 31.7 Å². The monoisotopic (exact) mass is 378 g/mol. The number of halogens is 1. The van der Waals surface area contributed by atoms with Crippen LogP contribution >= 0.6 is 12.4 Å². The highest BCUT2D eigenvalue weighted by Gasteiger charge is 2.28. The number of carbonyl (C=O) groups is 1. The summed E-state index contributed by atoms with van der Waals surface area (Å²) in [5.74, 6) is -0.284. The van der Waals surface area contributed by atoms with E-state index in [0.717, 1.165) is 19.3 Å². The molecule has 1 aliphatic rings. The number of carbonyl (C=O) groups excluding carboxylic acids is 1. The minimum absolute atomic E-state index is 0. The van der Waals surface area contributed by atoms with Gasteiger partial charge in [0, 0.05) is 38.9 Å². The molecule has 1 aromatic heterocycles. The number of nitrogens with zero attached hydrogens (tertiary/aromatic N) is 2. The van der Waals surface area contributed by atoms with Crippen molar-refractivity contribution < 1.29 is 13.2 Å². The number of rotatable bonds is 6. The van der Waals surface area contributed by atoms with E-state index in [4.69, 9.17) is 5.73 Å². The van der Waals surface area contributed by atoms with E-state index in [1.54, 1.807) is 11.6 Å². The Balaban J connectivity index is 0.00000288. The average Bonchev–Trinajstić information content (AvgIpc) is 2.90. The Kier molecular flexibility index (Phi) is 7.72. The SMILES string of the molecule is CC(N)CCNC(=O)c1cc(S(=O)(=O)N2CCCCC2)cn1C.Cl. The number of nitrogens with one attached hydrogen (secondary N) is 1. The van der Waals surface area contributed by atoms with Crippen LogP contribution in [0.25, 0.3) is 0 Å². The molecule has 7 nitrogen and oxygen atoms in total. The van der Waals surface area contributed by atoms with Crippen LogP contribution in [0.3, 0.4) is 0 Å². The molecule has 0 aromatic carbocycles. The zero-order valence-corrected chi connectivity index (χ0v) is 15.8. The van der Waals surface area contributed by atoms with Crippen LogP contribution in [0, 0.1) is 0 Å². The Hall–Kier alpha value is -1.09. The van der Waals surface area contributed by atoms with E-state index in [1.807, 2.05) is 6.92 Å². The Bertz CT molecular complexity index is 652. The first kappa shape index (κ1) is 21.0. The maximum absolute atomic E-state index is 12.6. The van der Waals surface area contributed by atoms with Crippen LogP contribution in [0.4, 0.5) is 0 Å². The van der Waals surface area contributed by atoms with Gasteiger partial charge in [-0.1, -0.05) is 6.42 Å². The molecule has 0 bridgehead atoms. The van der Waals surface area contributed by atoms with Crippen molar-refractivity contribution in [1.29, 1.82) is 0 Å². The van der Waals surface area contributed by atoms with Crippen molar-refractivity contribution in [3.05, 3.63) is 18.0 Å². The maximum atomic E-state index is 12.6. The maximum Gasteiger partial charge on any atom is 0.267 e. The molecule has 3 N–H and O–H groups in total. The van der Waals surface area contributed by atoms with Crippen molar-refractivity contribution >= 4 is 28.3 Å². The van der Waals surface area contributed by atoms with E-state index >= 15 is 0 Å². The van der Waals surface area contributed by atoms with E-state index in [1.165, 1.54) is 16.6 Å². The molecule has 2 heterocycles. The number of piperidine rings is 1. The van der Waals surface area contributed by atoms with Crippen LogP contribution in [-0.4, -0.2) is 48.9 Å². The molecule has 0 aliphatic carbocycles. The lowest BCUT2D eigenvalue weighted by atomic mass is 10.2. The molecular weight excluding hydrogens is 352 g/mol. The Labute approximate surface area is 150 Å². The highest BCUT2D eigenvalue weighted by atomic mass is 35.5. The minimum atomic E-state index is -3.52. The summed E-state index contributed by atoms with van der Waals surface area (Å²) in [7, 11) is -1.84. The van der Waals surface area contributed by atoms with E-state index < -0.39 is 10.0 Å². The van der Waals surface area contributed by atoms with Crippen LogP contribution in [-0.2, 0) is 17.1 Å². The topological polar surface area (TPSA) is 97.4 Å². The van der Waals surface area contributed by atoms with Crippen molar-refractivity contribution in [2.24, 2.45) is 12.8 Å². The van der Waals surface area contributed by atoms with Crippen molar-refractivity contribution in [3.63, 3.8) is 0 Å². The molecule has 1 saturated heterocycles. The first-order valence-electron chi connectivity index (χ1n) is 8.02. The van der Waals surface area contributed by atoms with Crippen LogP contribution in [0.1, 0.15) is 43.1 Å². The third-order valence-corrected chi connectivity index (χ3v) is 5.91. The molecule has 1 unspecified atom stereocenters. The molecule has 138 valence electrons. The molecular formula is C15H27ClN4O3S. The largest absolute Gasteiger partial charge is 0.351 e. The Morgan fingerprint density at radius 3 is 2.54 bits per heavy atom. The lowest BCUT2D eigenvalue weighted by molar-refractivity contribution is 0.0944. The first-order valence-corrected chi connectivity index (χ1v) is 9.46. The number of aromatic nitrogens is 1. The van der Waals surface area contributed by atoms with Gasteiger partial charge in [-0.3, -0.25) is 4.79 Å². The van der Waals surface area contributed by atoms with Gasteiger partial charge in [0.1, 0.15) is 10.6 Å². The van der Waals surface area contributed by atoms with Gasteiger partial charge in [0.2, 0.25) is 10.0 Å². The summed E-state index contributed by atoms with van der Waals surface area (Å²) in [5.41, 5.74) is 5.99. The molecule has 0 radical (unpaired) electrons. The zero-order chi connectivity index (χ0) is 17.0. The fraction of sp³-hybridized carbons (Fsp3) is 0.667. The van der Waals surface area contributed by atoms with Gasteiger partial charge in [0.25, 0.3) is 5.91 Å². The van der Waals surface area contributed by atoms with Gasteiger partial charge in [-0.05, 0) is 32.3 Å². The van der Waals surface area contributed by atoms with Gasteiger partial charge in [0.15, 0.2) is 0 Å². The average molecular weight is 379 g/mol. The Morgan fingerprint density at radius 1 is 1.33 bits per heavy atom. The summed E-state index contributed by atoms with van der Waals surface area (Å²) >= 11 is 0. The summed E-state index contributed by atoms with van der Waals surface area (Å²) in [4.78, 5) is 12.4. The van der Waals surface area contributed by atoms with Gasteiger partial charge >= 0.3 is 0 Å². The summed E-state index contributed by atoms with van der Waals surface area (Å²) in [6, 6.07) is 1.46. The summed E-state index contributed by atoms with van der Waals surface area (Å²) in [6.45, 7) is 3.44.